The van der Waals surface area contributed by atoms with E-state index in [1.54, 1.807) is 42.5 Å². The number of pyridine rings is 1. The van der Waals surface area contributed by atoms with Gasteiger partial charge < -0.3 is 42.4 Å². The van der Waals surface area contributed by atoms with Crippen molar-refractivity contribution in [3.63, 3.8) is 0 Å². The Morgan fingerprint density at radius 3 is 1.05 bits per heavy atom. The van der Waals surface area contributed by atoms with E-state index in [-0.39, 0.29) is 23.3 Å². The molecule has 16 aromatic rings. The smallest absolute Gasteiger partial charge is 0.320 e. The van der Waals surface area contributed by atoms with E-state index in [4.69, 9.17) is 0 Å². The second-order valence-electron chi connectivity index (χ2n) is 35.0. The minimum atomic E-state index is -4.33. The first-order valence-electron chi connectivity index (χ1n) is 44.3. The van der Waals surface area contributed by atoms with Crippen molar-refractivity contribution < 1.29 is 43.9 Å². The van der Waals surface area contributed by atoms with Gasteiger partial charge in [-0.25, -0.2) is 17.6 Å². The zero-order valence-electron chi connectivity index (χ0n) is 74.4. The third-order valence-electron chi connectivity index (χ3n) is 25.4. The molecule has 5 aliphatic rings. The average molecular weight is 1770 g/mol. The lowest BCUT2D eigenvalue weighted by molar-refractivity contribution is -0.138. The molecule has 0 amide bonds. The van der Waals surface area contributed by atoms with Crippen LogP contribution in [-0.4, -0.2) is 113 Å². The highest BCUT2D eigenvalue weighted by atomic mass is 19.4. The van der Waals surface area contributed by atoms with E-state index in [1.807, 2.05) is 79.7 Å². The Bertz CT molecular complexity index is 7000. The summed E-state index contributed by atoms with van der Waals surface area (Å²) in [5, 5.41) is 5.80. The molecule has 0 saturated carbocycles. The molecule has 10 aromatic carbocycles. The maximum Gasteiger partial charge on any atom is 0.416 e. The summed E-state index contributed by atoms with van der Waals surface area (Å²) < 4.78 is 142. The molecule has 0 aliphatic carbocycles. The lowest BCUT2D eigenvalue weighted by Crippen LogP contribution is -2.30. The van der Waals surface area contributed by atoms with Crippen LogP contribution >= 0.6 is 0 Å². The summed E-state index contributed by atoms with van der Waals surface area (Å²) in [5.41, 5.74) is 26.5. The highest BCUT2D eigenvalue weighted by Crippen LogP contribution is 2.40. The molecule has 11 nitrogen and oxygen atoms in total. The maximum atomic E-state index is 13.7. The van der Waals surface area contributed by atoms with Gasteiger partial charge in [0.15, 0.2) is 0 Å². The zero-order valence-corrected chi connectivity index (χ0v) is 74.4. The van der Waals surface area contributed by atoms with Crippen LogP contribution in [0.25, 0.3) is 116 Å². The minimum Gasteiger partial charge on any atom is -0.320 e. The van der Waals surface area contributed by atoms with Crippen LogP contribution in [0.5, 0.6) is 0 Å². The fraction of sp³-hybridized carbons (Fsp3) is 0.227. The molecule has 0 radical (unpaired) electrons. The van der Waals surface area contributed by atoms with Gasteiger partial charge in [-0.15, -0.1) is 0 Å². The van der Waals surface area contributed by atoms with Crippen molar-refractivity contribution in [2.45, 2.75) is 104 Å². The van der Waals surface area contributed by atoms with Crippen molar-refractivity contribution in [1.29, 1.82) is 0 Å². The second kappa shape index (κ2) is 38.9. The van der Waals surface area contributed by atoms with Crippen molar-refractivity contribution in [2.24, 2.45) is 0 Å². The molecule has 6 aromatic heterocycles. The largest absolute Gasteiger partial charge is 0.416 e. The molecule has 5 aliphatic heterocycles. The maximum absolute atomic E-state index is 13.7. The number of nitrogens with zero attached hydrogens (tertiary/aromatic N) is 11. The topological polar surface area (TPSA) is 53.7 Å². The van der Waals surface area contributed by atoms with Crippen molar-refractivity contribution in [3.05, 3.63) is 384 Å². The van der Waals surface area contributed by atoms with Gasteiger partial charge in [-0.05, 0) is 268 Å². The Balaban J connectivity index is 0.000000115. The van der Waals surface area contributed by atoms with Crippen LogP contribution in [0.3, 0.4) is 0 Å². The molecule has 0 N–H and O–H groups in total. The lowest BCUT2D eigenvalue weighted by Gasteiger charge is -2.28. The summed E-state index contributed by atoms with van der Waals surface area (Å²) in [4.78, 5) is 15.9. The van der Waals surface area contributed by atoms with Crippen LogP contribution in [0.15, 0.2) is 243 Å². The van der Waals surface area contributed by atoms with Crippen molar-refractivity contribution in [1.82, 2.24) is 52.3 Å². The summed E-state index contributed by atoms with van der Waals surface area (Å²) in [6.07, 6.45) is 19.5. The minimum absolute atomic E-state index is 0.210. The van der Waals surface area contributed by atoms with Gasteiger partial charge in [0.1, 0.15) is 23.3 Å². The van der Waals surface area contributed by atoms with Gasteiger partial charge in [0, 0.05) is 203 Å². The number of hydrogen-bond donors (Lipinski definition) is 0. The predicted molar refractivity (Wildman–Crippen MR) is 514 cm³/mol. The molecular weight excluding hydrogens is 1670 g/mol. The van der Waals surface area contributed by atoms with E-state index < -0.39 is 23.5 Å². The van der Waals surface area contributed by atoms with Crippen molar-refractivity contribution in [2.75, 3.05) is 60.9 Å². The number of benzene rings is 10. The Labute approximate surface area is 756 Å². The highest BCUT2D eigenvalue weighted by Gasteiger charge is 2.33. The van der Waals surface area contributed by atoms with Crippen LogP contribution in [0.4, 0.5) is 43.9 Å². The molecule has 0 spiro atoms. The summed E-state index contributed by atoms with van der Waals surface area (Å²) in [5.74, 6) is -0.919. The van der Waals surface area contributed by atoms with E-state index in [1.165, 1.54) is 161 Å². The monoisotopic (exact) mass is 1770 g/mol. The molecule has 21 rings (SSSR count). The molecule has 0 bridgehead atoms. The first-order valence-corrected chi connectivity index (χ1v) is 44.3. The Hall–Kier alpha value is -13.2. The third-order valence-corrected chi connectivity index (χ3v) is 25.4. The van der Waals surface area contributed by atoms with Gasteiger partial charge in [0.2, 0.25) is 0 Å². The SMILES string of the molecule is CN1CCc2c(c3cc(F)ccc3n2/C=C/c2ccc(F)cc2)C1.CN1CCc2c(c3cc(F)ccc3n2/C=C\c2cccc(F)c2)C1.Cc1ccc2c(c1)c1c(n2/C=C/c2ccc(C(F)(F)F)cc2)CCN(C)C1.Cc1ccc2c(c1)c1c(n2/C=C\c2cccc(C(F)(F)F)c2)CCN(C)C1.Cc1ccc2c(c1)c1c(n2/C=C\c2cccnc2)CCN(Cc2ccccc2)C1. The number of alkyl halides is 6. The zero-order chi connectivity index (χ0) is 91.4. The standard InChI is InChI=1S/C26H25N3.2C22H21F3N2.2C20H18F2N2/c1-20-9-10-25-23(16-20)24-19-28(18-22-6-3-2-4-7-22)14-12-26(24)29(25)15-11-21-8-5-13-27-17-21;1-15-3-8-20-18(13-15)19-14-26(2)11-10-21(19)27(20)12-9-16-4-6-17(7-5-16)22(23,24)25;1-15-6-7-20-18(12-15)19-14-26(2)10-9-21(19)27(20)11-8-16-4-3-5-17(13-16)22(23,24)25;1-23-10-9-20-18(13-23)17-12-16(22)6-7-19(17)24(20)11-8-14-2-4-15(21)5-3-14;1-23-9-8-20-18(13-23)17-12-16(22)5-6-19(17)24(20)10-7-14-3-2-4-15(21)11-14/h2-11,13,15-17H,12,14,18-19H2,1H3;3-9,12-13H,10-11,14H2,1-2H3;3-8,11-13H,9-10,14H2,1-2H3;2-8,11-12H,9-10,13H2,1H3;2-7,10-12H,8-9,13H2,1H3/b15-11-;12-9+;11-8-;11-8+;10-7-. The quantitative estimate of drug-likeness (QED) is 0.114. The number of aryl methyl sites for hydroxylation is 3. The fourth-order valence-corrected chi connectivity index (χ4v) is 18.7. The van der Waals surface area contributed by atoms with Gasteiger partial charge in [-0.3, -0.25) is 9.88 Å². The highest BCUT2D eigenvalue weighted by molar-refractivity contribution is 5.94. The molecule has 0 unspecified atom stereocenters. The molecule has 0 saturated heterocycles. The number of hydrogen-bond acceptors (Lipinski definition) is 6. The number of aromatic nitrogens is 6. The van der Waals surface area contributed by atoms with Crippen LogP contribution < -0.4 is 0 Å². The first-order chi connectivity index (χ1) is 63.2. The lowest BCUT2D eigenvalue weighted by atomic mass is 10.0. The molecule has 21 heteroatoms. The number of halogens is 10. The molecule has 131 heavy (non-hydrogen) atoms. The number of likely N-dealkylation sites (N-methyl/N-ethyl adjacent to an activating group) is 4. The molecule has 11 heterocycles. The average Bonchev–Trinajstić information content (AvgIpc) is 1.63. The van der Waals surface area contributed by atoms with Crippen molar-refractivity contribution in [3.8, 4) is 0 Å². The summed E-state index contributed by atoms with van der Waals surface area (Å²) in [6, 6.07) is 68.0. The first kappa shape index (κ1) is 89.8. The Morgan fingerprint density at radius 2 is 0.641 bits per heavy atom. The van der Waals surface area contributed by atoms with Crippen LogP contribution in [0, 0.1) is 44.0 Å². The molecule has 668 valence electrons. The van der Waals surface area contributed by atoms with E-state index in [9.17, 15) is 43.9 Å². The number of fused-ring (bicyclic) bond motifs is 15. The van der Waals surface area contributed by atoms with Crippen LogP contribution in [0.1, 0.15) is 117 Å². The summed E-state index contributed by atoms with van der Waals surface area (Å²) in [6.45, 7) is 16.8. The van der Waals surface area contributed by atoms with E-state index in [0.717, 1.165) is 177 Å². The van der Waals surface area contributed by atoms with Crippen LogP contribution in [-0.2, 0) is 83.7 Å². The third kappa shape index (κ3) is 20.6. The molecular formula is C110H103F10N11. The summed E-state index contributed by atoms with van der Waals surface area (Å²) in [7, 11) is 8.40. The molecule has 0 atom stereocenters. The van der Waals surface area contributed by atoms with Gasteiger partial charge in [-0.1, -0.05) is 120 Å². The van der Waals surface area contributed by atoms with Crippen LogP contribution in [0.2, 0.25) is 0 Å². The van der Waals surface area contributed by atoms with E-state index >= 15 is 0 Å². The fourth-order valence-electron chi connectivity index (χ4n) is 18.7. The molecule has 0 fully saturated rings. The van der Waals surface area contributed by atoms with Gasteiger partial charge in [0.25, 0.3) is 0 Å². The second-order valence-corrected chi connectivity index (χ2v) is 35.0. The number of rotatable bonds is 12. The van der Waals surface area contributed by atoms with E-state index in [2.05, 4.69) is 205 Å². The normalized spacial score (nSPS) is 15.2. The Morgan fingerprint density at radius 1 is 0.298 bits per heavy atom. The van der Waals surface area contributed by atoms with E-state index in [0.29, 0.717) is 5.56 Å². The Kier molecular flexibility index (Phi) is 26.7. The predicted octanol–water partition coefficient (Wildman–Crippen LogP) is 25.8. The van der Waals surface area contributed by atoms with Gasteiger partial charge in [-0.2, -0.15) is 26.3 Å². The van der Waals surface area contributed by atoms with Crippen molar-refractivity contribution >= 4 is 116 Å². The van der Waals surface area contributed by atoms with Gasteiger partial charge >= 0.3 is 12.4 Å². The van der Waals surface area contributed by atoms with Gasteiger partial charge in [0.05, 0.1) is 38.7 Å². The summed E-state index contributed by atoms with van der Waals surface area (Å²) >= 11 is 0.